The van der Waals surface area contributed by atoms with Crippen LogP contribution in [0.25, 0.3) is 10.6 Å². The second kappa shape index (κ2) is 8.34. The van der Waals surface area contributed by atoms with Gasteiger partial charge in [0.1, 0.15) is 5.01 Å². The molecule has 2 N–H and O–H groups in total. The number of aromatic carboxylic acids is 1. The van der Waals surface area contributed by atoms with Crippen molar-refractivity contribution in [3.8, 4) is 10.6 Å². The van der Waals surface area contributed by atoms with E-state index in [1.807, 2.05) is 0 Å². The quantitative estimate of drug-likeness (QED) is 0.757. The van der Waals surface area contributed by atoms with Gasteiger partial charge in [-0.1, -0.05) is 18.2 Å². The molecule has 134 valence electrons. The van der Waals surface area contributed by atoms with Crippen LogP contribution in [0.1, 0.15) is 16.1 Å². The Kier molecular flexibility index (Phi) is 6.43. The molecule has 0 aliphatic heterocycles. The zero-order valence-electron chi connectivity index (χ0n) is 12.7. The van der Waals surface area contributed by atoms with Crippen molar-refractivity contribution in [1.82, 2.24) is 10.3 Å². The summed E-state index contributed by atoms with van der Waals surface area (Å²) in [6, 6.07) is 6.98. The zero-order valence-corrected chi connectivity index (χ0v) is 14.3. The highest BCUT2D eigenvalue weighted by molar-refractivity contribution is 8.00. The van der Waals surface area contributed by atoms with Crippen LogP contribution in [0.2, 0.25) is 0 Å². The van der Waals surface area contributed by atoms with Crippen molar-refractivity contribution >= 4 is 35.0 Å². The van der Waals surface area contributed by atoms with Gasteiger partial charge in [-0.25, -0.2) is 9.78 Å². The Labute approximate surface area is 149 Å². The van der Waals surface area contributed by atoms with Crippen molar-refractivity contribution in [2.45, 2.75) is 12.7 Å². The minimum absolute atomic E-state index is 0.0413. The van der Waals surface area contributed by atoms with Crippen LogP contribution < -0.4 is 5.32 Å². The number of hydrogen-bond acceptors (Lipinski definition) is 5. The normalized spacial score (nSPS) is 11.3. The lowest BCUT2D eigenvalue weighted by Crippen LogP contribution is -2.25. The summed E-state index contributed by atoms with van der Waals surface area (Å²) < 4.78 is 36.1. The second-order valence-corrected chi connectivity index (χ2v) is 6.77. The maximum Gasteiger partial charge on any atom is 0.397 e. The van der Waals surface area contributed by atoms with E-state index >= 15 is 0 Å². The van der Waals surface area contributed by atoms with Gasteiger partial charge in [0.2, 0.25) is 5.91 Å². The minimum Gasteiger partial charge on any atom is -0.476 e. The summed E-state index contributed by atoms with van der Waals surface area (Å²) in [5, 5.41) is 13.4. The van der Waals surface area contributed by atoms with Crippen LogP contribution in [0, 0.1) is 0 Å². The summed E-state index contributed by atoms with van der Waals surface area (Å²) in [5.41, 5.74) is 1.40. The fourth-order valence-corrected chi connectivity index (χ4v) is 3.24. The highest BCUT2D eigenvalue weighted by Gasteiger charge is 2.27. The molecule has 0 fully saturated rings. The van der Waals surface area contributed by atoms with E-state index in [1.54, 1.807) is 24.3 Å². The predicted molar refractivity (Wildman–Crippen MR) is 89.7 cm³/mol. The Hall–Kier alpha value is -2.07. The number of carboxylic acid groups (broad SMARTS) is 1. The van der Waals surface area contributed by atoms with E-state index < -0.39 is 23.8 Å². The number of thioether (sulfide) groups is 1. The van der Waals surface area contributed by atoms with Gasteiger partial charge in [-0.15, -0.1) is 23.1 Å². The number of thiazole rings is 1. The fraction of sp³-hybridized carbons (Fsp3) is 0.267. The molecule has 1 aromatic heterocycles. The fourth-order valence-electron chi connectivity index (χ4n) is 1.83. The number of carbonyl (C=O) groups is 2. The topological polar surface area (TPSA) is 79.3 Å². The van der Waals surface area contributed by atoms with E-state index in [9.17, 15) is 22.8 Å². The molecule has 0 aliphatic carbocycles. The molecule has 2 aromatic rings. The van der Waals surface area contributed by atoms with Crippen molar-refractivity contribution in [1.29, 1.82) is 0 Å². The Morgan fingerprint density at radius 1 is 1.32 bits per heavy atom. The summed E-state index contributed by atoms with van der Waals surface area (Å²) in [6.07, 6.45) is -4.29. The second-order valence-electron chi connectivity index (χ2n) is 4.93. The maximum absolute atomic E-state index is 12.0. The monoisotopic (exact) mass is 390 g/mol. The van der Waals surface area contributed by atoms with Gasteiger partial charge in [-0.05, 0) is 11.6 Å². The first-order chi connectivity index (χ1) is 11.7. The number of aromatic nitrogens is 1. The minimum atomic E-state index is -4.29. The highest BCUT2D eigenvalue weighted by atomic mass is 32.2. The molecule has 0 saturated heterocycles. The first kappa shape index (κ1) is 19.3. The summed E-state index contributed by atoms with van der Waals surface area (Å²) in [6.45, 7) is 0.163. The van der Waals surface area contributed by atoms with Crippen LogP contribution in [-0.4, -0.2) is 39.6 Å². The van der Waals surface area contributed by atoms with E-state index in [4.69, 9.17) is 5.11 Å². The molecule has 0 unspecified atom stereocenters. The Morgan fingerprint density at radius 3 is 2.72 bits per heavy atom. The lowest BCUT2D eigenvalue weighted by Gasteiger charge is -2.08. The van der Waals surface area contributed by atoms with Crippen LogP contribution >= 0.6 is 23.1 Å². The number of nitrogens with zero attached hydrogens (tertiary/aromatic N) is 1. The number of nitrogens with one attached hydrogen (secondary N) is 1. The molecule has 1 amide bonds. The number of amides is 1. The van der Waals surface area contributed by atoms with Gasteiger partial charge < -0.3 is 10.4 Å². The van der Waals surface area contributed by atoms with E-state index in [0.29, 0.717) is 22.3 Å². The highest BCUT2D eigenvalue weighted by Crippen LogP contribution is 2.24. The first-order valence-electron chi connectivity index (χ1n) is 6.94. The van der Waals surface area contributed by atoms with Crippen LogP contribution in [0.5, 0.6) is 0 Å². The molecule has 0 radical (unpaired) electrons. The van der Waals surface area contributed by atoms with E-state index in [2.05, 4.69) is 10.3 Å². The largest absolute Gasteiger partial charge is 0.476 e. The first-order valence-corrected chi connectivity index (χ1v) is 8.97. The molecule has 0 spiro atoms. The molecule has 0 atom stereocenters. The third-order valence-corrected chi connectivity index (χ3v) is 4.77. The standard InChI is InChI=1S/C15H13F3N2O3S2/c16-15(17,18)8-24-7-12(21)19-5-9-2-1-3-10(4-9)13-20-11(6-25-13)14(22)23/h1-4,6H,5,7-8H2,(H,19,21)(H,22,23). The molecule has 5 nitrogen and oxygen atoms in total. The van der Waals surface area contributed by atoms with Gasteiger partial charge >= 0.3 is 12.1 Å². The number of carbonyl (C=O) groups excluding carboxylic acids is 1. The molecule has 1 heterocycles. The predicted octanol–water partition coefficient (Wildman–Crippen LogP) is 3.42. The molecule has 10 heteroatoms. The third-order valence-electron chi connectivity index (χ3n) is 2.89. The van der Waals surface area contributed by atoms with Crippen molar-refractivity contribution in [2.24, 2.45) is 0 Å². The van der Waals surface area contributed by atoms with Crippen molar-refractivity contribution in [2.75, 3.05) is 11.5 Å². The maximum atomic E-state index is 12.0. The molecule has 0 aliphatic rings. The van der Waals surface area contributed by atoms with Crippen LogP contribution in [0.4, 0.5) is 13.2 Å². The molecule has 2 rings (SSSR count). The summed E-state index contributed by atoms with van der Waals surface area (Å²) in [5.74, 6) is -2.93. The Bertz CT molecular complexity index is 762. The van der Waals surface area contributed by atoms with E-state index in [-0.39, 0.29) is 18.0 Å². The zero-order chi connectivity index (χ0) is 18.4. The Balaban J connectivity index is 1.90. The van der Waals surface area contributed by atoms with Gasteiger partial charge in [0.25, 0.3) is 0 Å². The van der Waals surface area contributed by atoms with Gasteiger partial charge in [0, 0.05) is 17.5 Å². The van der Waals surface area contributed by atoms with Crippen LogP contribution in [0.15, 0.2) is 29.6 Å². The molecule has 25 heavy (non-hydrogen) atoms. The lowest BCUT2D eigenvalue weighted by molar-refractivity contribution is -0.118. The van der Waals surface area contributed by atoms with Crippen LogP contribution in [0.3, 0.4) is 0 Å². The lowest BCUT2D eigenvalue weighted by atomic mass is 10.1. The third kappa shape index (κ3) is 6.39. The van der Waals surface area contributed by atoms with Crippen molar-refractivity contribution in [3.63, 3.8) is 0 Å². The molecular weight excluding hydrogens is 377 g/mol. The number of carboxylic acids is 1. The van der Waals surface area contributed by atoms with Crippen molar-refractivity contribution in [3.05, 3.63) is 40.9 Å². The van der Waals surface area contributed by atoms with E-state index in [0.717, 1.165) is 5.56 Å². The summed E-state index contributed by atoms with van der Waals surface area (Å²) in [7, 11) is 0. The SMILES string of the molecule is O=C(CSCC(F)(F)F)NCc1cccc(-c2nc(C(=O)O)cs2)c1. The molecule has 0 saturated carbocycles. The smallest absolute Gasteiger partial charge is 0.397 e. The average molecular weight is 390 g/mol. The number of hydrogen-bond donors (Lipinski definition) is 2. The summed E-state index contributed by atoms with van der Waals surface area (Å²) in [4.78, 5) is 26.4. The van der Waals surface area contributed by atoms with Crippen molar-refractivity contribution < 1.29 is 27.9 Å². The average Bonchev–Trinajstić information content (AvgIpc) is 3.02. The number of rotatable bonds is 7. The number of halogens is 3. The van der Waals surface area contributed by atoms with E-state index in [1.165, 1.54) is 16.7 Å². The molecule has 0 bridgehead atoms. The van der Waals surface area contributed by atoms with Gasteiger partial charge in [0.15, 0.2) is 5.69 Å². The van der Waals surface area contributed by atoms with Crippen LogP contribution in [-0.2, 0) is 11.3 Å². The van der Waals surface area contributed by atoms with Gasteiger partial charge in [-0.3, -0.25) is 4.79 Å². The Morgan fingerprint density at radius 2 is 2.08 bits per heavy atom. The number of benzene rings is 1. The molecular formula is C15H13F3N2O3S2. The number of alkyl halides is 3. The van der Waals surface area contributed by atoms with Gasteiger partial charge in [0.05, 0.1) is 11.5 Å². The van der Waals surface area contributed by atoms with Gasteiger partial charge in [-0.2, -0.15) is 13.2 Å². The molecule has 1 aromatic carbocycles. The summed E-state index contributed by atoms with van der Waals surface area (Å²) >= 11 is 1.70.